The molecule has 0 radical (unpaired) electrons. The Hall–Kier alpha value is -1.96. The number of nitrogens with one attached hydrogen (secondary N) is 1. The van der Waals surface area contributed by atoms with Crippen LogP contribution in [-0.4, -0.2) is 86.5 Å². The third-order valence-corrected chi connectivity index (χ3v) is 5.37. The molecule has 0 bridgehead atoms. The predicted octanol–water partition coefficient (Wildman–Crippen LogP) is 0.867. The highest BCUT2D eigenvalue weighted by Gasteiger charge is 2.33. The second kappa shape index (κ2) is 9.30. The molecule has 2 heterocycles. The first kappa shape index (κ1) is 19.8. The highest BCUT2D eigenvalue weighted by Crippen LogP contribution is 2.20. The van der Waals surface area contributed by atoms with Crippen LogP contribution in [0.5, 0.6) is 0 Å². The fourth-order valence-electron chi connectivity index (χ4n) is 3.57. The molecule has 27 heavy (non-hydrogen) atoms. The monoisotopic (exact) mass is 374 g/mol. The number of piperazine rings is 1. The van der Waals surface area contributed by atoms with Gasteiger partial charge in [-0.1, -0.05) is 12.1 Å². The van der Waals surface area contributed by atoms with Gasteiger partial charge in [-0.2, -0.15) is 0 Å². The van der Waals surface area contributed by atoms with Gasteiger partial charge in [0.1, 0.15) is 0 Å². The zero-order chi connectivity index (χ0) is 19.2. The number of benzene rings is 1. The number of carbonyl (C=O) groups excluding carboxylic acids is 2. The topological polar surface area (TPSA) is 65.1 Å². The second-order valence-corrected chi connectivity index (χ2v) is 7.50. The van der Waals surface area contributed by atoms with Gasteiger partial charge in [-0.05, 0) is 24.7 Å². The first-order valence-corrected chi connectivity index (χ1v) is 9.62. The average Bonchev–Trinajstić information content (AvgIpc) is 3.04. The number of ether oxygens (including phenoxy) is 1. The Kier molecular flexibility index (Phi) is 6.82. The van der Waals surface area contributed by atoms with Crippen LogP contribution in [0.3, 0.4) is 0 Å². The van der Waals surface area contributed by atoms with Gasteiger partial charge >= 0.3 is 0 Å². The van der Waals surface area contributed by atoms with Crippen molar-refractivity contribution in [3.8, 4) is 0 Å². The maximum absolute atomic E-state index is 12.5. The molecule has 0 aromatic heterocycles. The summed E-state index contributed by atoms with van der Waals surface area (Å²) in [6, 6.07) is 8.03. The van der Waals surface area contributed by atoms with Gasteiger partial charge < -0.3 is 19.9 Å². The van der Waals surface area contributed by atoms with Gasteiger partial charge in [0, 0.05) is 65.0 Å². The Morgan fingerprint density at radius 3 is 2.56 bits per heavy atom. The molecular formula is C20H30N4O3. The second-order valence-electron chi connectivity index (χ2n) is 7.50. The van der Waals surface area contributed by atoms with E-state index in [1.807, 2.05) is 12.1 Å². The van der Waals surface area contributed by atoms with Crippen molar-refractivity contribution >= 4 is 17.5 Å². The molecule has 7 nitrogen and oxygen atoms in total. The van der Waals surface area contributed by atoms with Crippen LogP contribution in [0.4, 0.5) is 5.69 Å². The van der Waals surface area contributed by atoms with Crippen LogP contribution >= 0.6 is 0 Å². The number of hydrogen-bond donors (Lipinski definition) is 1. The summed E-state index contributed by atoms with van der Waals surface area (Å²) >= 11 is 0. The summed E-state index contributed by atoms with van der Waals surface area (Å²) < 4.78 is 5.01. The van der Waals surface area contributed by atoms with Crippen LogP contribution in [0.2, 0.25) is 0 Å². The summed E-state index contributed by atoms with van der Waals surface area (Å²) in [7, 11) is 3.77. The van der Waals surface area contributed by atoms with E-state index in [0.29, 0.717) is 19.7 Å². The summed E-state index contributed by atoms with van der Waals surface area (Å²) in [6.45, 7) is 6.83. The number of anilines is 1. The van der Waals surface area contributed by atoms with Crippen molar-refractivity contribution in [3.05, 3.63) is 29.8 Å². The van der Waals surface area contributed by atoms with Crippen molar-refractivity contribution in [3.63, 3.8) is 0 Å². The van der Waals surface area contributed by atoms with Gasteiger partial charge in [0.25, 0.3) is 0 Å². The molecule has 0 aliphatic carbocycles. The molecule has 2 amide bonds. The predicted molar refractivity (Wildman–Crippen MR) is 104 cm³/mol. The number of likely N-dealkylation sites (N-methyl/N-ethyl adjacent to an activating group) is 1. The van der Waals surface area contributed by atoms with E-state index < -0.39 is 0 Å². The SMILES string of the molecule is COCCN1CC(C(=O)Nc2ccc(CN3CCN(C)CC3)cc2)CC1=O. The normalized spacial score (nSPS) is 21.6. The fraction of sp³-hybridized carbons (Fsp3) is 0.600. The van der Waals surface area contributed by atoms with Crippen molar-refractivity contribution in [2.75, 3.05) is 65.3 Å². The van der Waals surface area contributed by atoms with Crippen LogP contribution < -0.4 is 5.32 Å². The van der Waals surface area contributed by atoms with Crippen molar-refractivity contribution in [1.82, 2.24) is 14.7 Å². The number of carbonyl (C=O) groups is 2. The Bertz CT molecular complexity index is 641. The van der Waals surface area contributed by atoms with E-state index in [-0.39, 0.29) is 24.2 Å². The maximum atomic E-state index is 12.5. The minimum absolute atomic E-state index is 0.0229. The van der Waals surface area contributed by atoms with Gasteiger partial charge in [-0.15, -0.1) is 0 Å². The molecule has 1 aromatic rings. The van der Waals surface area contributed by atoms with E-state index in [4.69, 9.17) is 4.74 Å². The van der Waals surface area contributed by atoms with E-state index >= 15 is 0 Å². The van der Waals surface area contributed by atoms with Crippen molar-refractivity contribution in [2.24, 2.45) is 5.92 Å². The highest BCUT2D eigenvalue weighted by atomic mass is 16.5. The summed E-state index contributed by atoms with van der Waals surface area (Å²) in [5.74, 6) is -0.357. The van der Waals surface area contributed by atoms with Gasteiger partial charge in [-0.3, -0.25) is 14.5 Å². The molecule has 1 N–H and O–H groups in total. The van der Waals surface area contributed by atoms with Gasteiger partial charge in [0.05, 0.1) is 12.5 Å². The van der Waals surface area contributed by atoms with Crippen LogP contribution in [0.25, 0.3) is 0 Å². The molecule has 1 atom stereocenters. The van der Waals surface area contributed by atoms with Gasteiger partial charge in [0.15, 0.2) is 0 Å². The number of nitrogens with zero attached hydrogens (tertiary/aromatic N) is 3. The molecular weight excluding hydrogens is 344 g/mol. The van der Waals surface area contributed by atoms with Gasteiger partial charge in [-0.25, -0.2) is 0 Å². The number of hydrogen-bond acceptors (Lipinski definition) is 5. The number of amides is 2. The lowest BCUT2D eigenvalue weighted by atomic mass is 10.1. The summed E-state index contributed by atoms with van der Waals surface area (Å²) in [5.41, 5.74) is 2.03. The average molecular weight is 374 g/mol. The third-order valence-electron chi connectivity index (χ3n) is 5.37. The molecule has 2 saturated heterocycles. The zero-order valence-electron chi connectivity index (χ0n) is 16.3. The van der Waals surface area contributed by atoms with Crippen molar-refractivity contribution in [2.45, 2.75) is 13.0 Å². The summed E-state index contributed by atoms with van der Waals surface area (Å²) in [5, 5.41) is 2.95. The van der Waals surface area contributed by atoms with Crippen LogP contribution in [0.15, 0.2) is 24.3 Å². The van der Waals surface area contributed by atoms with E-state index in [9.17, 15) is 9.59 Å². The third kappa shape index (κ3) is 5.51. The molecule has 1 unspecified atom stereocenters. The minimum Gasteiger partial charge on any atom is -0.383 e. The fourth-order valence-corrected chi connectivity index (χ4v) is 3.57. The Morgan fingerprint density at radius 2 is 1.89 bits per heavy atom. The van der Waals surface area contributed by atoms with Gasteiger partial charge in [0.2, 0.25) is 11.8 Å². The number of likely N-dealkylation sites (tertiary alicyclic amines) is 1. The Balaban J connectivity index is 1.48. The molecule has 0 spiro atoms. The van der Waals surface area contributed by atoms with Crippen molar-refractivity contribution in [1.29, 1.82) is 0 Å². The van der Waals surface area contributed by atoms with Crippen molar-refractivity contribution < 1.29 is 14.3 Å². The lowest BCUT2D eigenvalue weighted by Gasteiger charge is -2.32. The number of rotatable bonds is 7. The highest BCUT2D eigenvalue weighted by molar-refractivity contribution is 5.97. The lowest BCUT2D eigenvalue weighted by Crippen LogP contribution is -2.43. The summed E-state index contributed by atoms with van der Waals surface area (Å²) in [6.07, 6.45) is 0.275. The molecule has 7 heteroatoms. The zero-order valence-corrected chi connectivity index (χ0v) is 16.3. The minimum atomic E-state index is -0.292. The van der Waals surface area contributed by atoms with E-state index in [0.717, 1.165) is 38.4 Å². The van der Waals surface area contributed by atoms with E-state index in [2.05, 4.69) is 34.3 Å². The standard InChI is InChI=1S/C20H30N4O3/c1-22-7-9-23(10-8-22)14-16-3-5-18(6-4-16)21-20(26)17-13-19(25)24(15-17)11-12-27-2/h3-6,17H,7-15H2,1-2H3,(H,21,26). The molecule has 1 aromatic carbocycles. The van der Waals surface area contributed by atoms with Crippen LogP contribution in [-0.2, 0) is 20.9 Å². The number of methoxy groups -OCH3 is 1. The molecule has 148 valence electrons. The van der Waals surface area contributed by atoms with Crippen LogP contribution in [0, 0.1) is 5.92 Å². The lowest BCUT2D eigenvalue weighted by molar-refractivity contribution is -0.128. The largest absolute Gasteiger partial charge is 0.383 e. The quantitative estimate of drug-likeness (QED) is 0.767. The molecule has 2 aliphatic rings. The Labute approximate surface area is 161 Å². The van der Waals surface area contributed by atoms with E-state index in [1.165, 1.54) is 5.56 Å². The molecule has 2 aliphatic heterocycles. The summed E-state index contributed by atoms with van der Waals surface area (Å²) in [4.78, 5) is 31.0. The molecule has 0 saturated carbocycles. The first-order chi connectivity index (χ1) is 13.0. The van der Waals surface area contributed by atoms with E-state index in [1.54, 1.807) is 12.0 Å². The van der Waals surface area contributed by atoms with Crippen LogP contribution in [0.1, 0.15) is 12.0 Å². The first-order valence-electron chi connectivity index (χ1n) is 9.62. The molecule has 3 rings (SSSR count). The maximum Gasteiger partial charge on any atom is 0.229 e. The molecule has 2 fully saturated rings. The smallest absolute Gasteiger partial charge is 0.229 e. The Morgan fingerprint density at radius 1 is 1.19 bits per heavy atom.